The summed E-state index contributed by atoms with van der Waals surface area (Å²) in [5, 5.41) is 10.5. The second-order valence-corrected chi connectivity index (χ2v) is 7.51. The van der Waals surface area contributed by atoms with Gasteiger partial charge in [0.1, 0.15) is 4.83 Å². The molecule has 1 fully saturated rings. The van der Waals surface area contributed by atoms with Crippen LogP contribution in [0.5, 0.6) is 0 Å². The normalized spacial score (nSPS) is 17.5. The highest BCUT2D eigenvalue weighted by Gasteiger charge is 2.20. The van der Waals surface area contributed by atoms with Crippen molar-refractivity contribution < 1.29 is 4.79 Å². The lowest BCUT2D eigenvalue weighted by molar-refractivity contribution is 0.0944. The van der Waals surface area contributed by atoms with Gasteiger partial charge in [-0.05, 0) is 31.2 Å². The van der Waals surface area contributed by atoms with Gasteiger partial charge >= 0.3 is 0 Å². The van der Waals surface area contributed by atoms with Crippen LogP contribution in [0, 0.1) is 0 Å². The molecule has 7 heteroatoms. The van der Waals surface area contributed by atoms with E-state index in [2.05, 4.69) is 20.9 Å². The van der Waals surface area contributed by atoms with Gasteiger partial charge in [0.25, 0.3) is 5.91 Å². The van der Waals surface area contributed by atoms with Gasteiger partial charge in [0, 0.05) is 18.3 Å². The Hall–Kier alpha value is -1.96. The molecule has 3 N–H and O–H groups in total. The highest BCUT2D eigenvalue weighted by Crippen LogP contribution is 2.34. The van der Waals surface area contributed by atoms with Crippen LogP contribution in [0.4, 0.5) is 10.8 Å². The fourth-order valence-electron chi connectivity index (χ4n) is 2.58. The van der Waals surface area contributed by atoms with Gasteiger partial charge < -0.3 is 16.0 Å². The first-order valence-electron chi connectivity index (χ1n) is 7.52. The molecule has 1 saturated heterocycles. The molecule has 1 aliphatic rings. The van der Waals surface area contributed by atoms with E-state index in [1.54, 1.807) is 11.3 Å². The number of carbonyl (C=O) groups is 1. The minimum Gasteiger partial charge on any atom is -0.347 e. The molecule has 1 amide bonds. The van der Waals surface area contributed by atoms with Crippen molar-refractivity contribution in [1.82, 2.24) is 15.6 Å². The molecule has 1 aromatic carbocycles. The molecule has 23 heavy (non-hydrogen) atoms. The Bertz CT molecular complexity index is 790. The topological polar surface area (TPSA) is 66.1 Å². The number of nitrogens with one attached hydrogen (secondary N) is 3. The highest BCUT2D eigenvalue weighted by atomic mass is 32.1. The Labute approximate surface area is 141 Å². The van der Waals surface area contributed by atoms with Gasteiger partial charge in [-0.2, -0.15) is 0 Å². The minimum absolute atomic E-state index is 0.00599. The number of hydrogen-bond donors (Lipinski definition) is 3. The van der Waals surface area contributed by atoms with E-state index in [0.717, 1.165) is 44.7 Å². The number of thiophene rings is 1. The SMILES string of the molecule is O=C(NC1CCNC1)c1cc2sc(Nc3ccccc3)nc2s1. The molecular formula is C16H16N4OS2. The van der Waals surface area contributed by atoms with Crippen molar-refractivity contribution in [3.63, 3.8) is 0 Å². The lowest BCUT2D eigenvalue weighted by Gasteiger charge is -2.09. The van der Waals surface area contributed by atoms with Crippen LogP contribution in [0.1, 0.15) is 16.1 Å². The molecular weight excluding hydrogens is 328 g/mol. The van der Waals surface area contributed by atoms with Crippen molar-refractivity contribution >= 4 is 48.9 Å². The molecule has 3 heterocycles. The summed E-state index contributed by atoms with van der Waals surface area (Å²) >= 11 is 3.02. The van der Waals surface area contributed by atoms with Gasteiger partial charge in [-0.3, -0.25) is 4.79 Å². The van der Waals surface area contributed by atoms with Crippen LogP contribution in [0.25, 0.3) is 9.53 Å². The third-order valence-corrected chi connectivity index (χ3v) is 5.81. The predicted octanol–water partition coefficient (Wildman–Crippen LogP) is 3.19. The maximum atomic E-state index is 12.3. The first-order valence-corrected chi connectivity index (χ1v) is 9.15. The summed E-state index contributed by atoms with van der Waals surface area (Å²) in [5.74, 6) is 0.00599. The van der Waals surface area contributed by atoms with E-state index >= 15 is 0 Å². The number of rotatable bonds is 4. The van der Waals surface area contributed by atoms with E-state index in [4.69, 9.17) is 0 Å². The molecule has 1 aliphatic heterocycles. The lowest BCUT2D eigenvalue weighted by atomic mass is 10.2. The Morgan fingerprint density at radius 2 is 2.13 bits per heavy atom. The molecule has 1 atom stereocenters. The monoisotopic (exact) mass is 344 g/mol. The smallest absolute Gasteiger partial charge is 0.261 e. The fraction of sp³-hybridized carbons (Fsp3) is 0.250. The lowest BCUT2D eigenvalue weighted by Crippen LogP contribution is -2.35. The number of para-hydroxylation sites is 1. The summed E-state index contributed by atoms with van der Waals surface area (Å²) in [6.07, 6.45) is 0.995. The number of benzene rings is 1. The van der Waals surface area contributed by atoms with Gasteiger partial charge in [0.05, 0.1) is 9.58 Å². The standard InChI is InChI=1S/C16H16N4OS2/c21-14(18-11-6-7-17-9-11)12-8-13-15(22-12)20-16(23-13)19-10-4-2-1-3-5-10/h1-5,8,11,17H,6-7,9H2,(H,18,21)(H,19,20). The van der Waals surface area contributed by atoms with Crippen molar-refractivity contribution in [3.05, 3.63) is 41.3 Å². The Balaban J connectivity index is 1.48. The Morgan fingerprint density at radius 1 is 1.26 bits per heavy atom. The molecule has 1 unspecified atom stereocenters. The summed E-state index contributed by atoms with van der Waals surface area (Å²) in [6, 6.07) is 12.1. The number of hydrogen-bond acceptors (Lipinski definition) is 6. The third kappa shape index (κ3) is 3.21. The Kier molecular flexibility index (Phi) is 3.99. The number of anilines is 2. The number of aromatic nitrogens is 1. The fourth-order valence-corrected chi connectivity index (χ4v) is 4.62. The van der Waals surface area contributed by atoms with Gasteiger partial charge in [-0.25, -0.2) is 4.98 Å². The second kappa shape index (κ2) is 6.27. The summed E-state index contributed by atoms with van der Waals surface area (Å²) in [4.78, 5) is 18.5. The van der Waals surface area contributed by atoms with E-state index in [1.807, 2.05) is 36.4 Å². The first kappa shape index (κ1) is 14.6. The van der Waals surface area contributed by atoms with Crippen molar-refractivity contribution in [2.24, 2.45) is 0 Å². The maximum Gasteiger partial charge on any atom is 0.261 e. The molecule has 0 bridgehead atoms. The summed E-state index contributed by atoms with van der Waals surface area (Å²) < 4.78 is 1.04. The molecule has 0 saturated carbocycles. The van der Waals surface area contributed by atoms with Crippen LogP contribution >= 0.6 is 22.7 Å². The van der Waals surface area contributed by atoms with Crippen LogP contribution in [-0.2, 0) is 0 Å². The highest BCUT2D eigenvalue weighted by molar-refractivity contribution is 7.29. The van der Waals surface area contributed by atoms with E-state index in [1.165, 1.54) is 11.3 Å². The summed E-state index contributed by atoms with van der Waals surface area (Å²) in [6.45, 7) is 1.83. The molecule has 0 aliphatic carbocycles. The number of amides is 1. The molecule has 4 rings (SSSR count). The van der Waals surface area contributed by atoms with Crippen molar-refractivity contribution in [3.8, 4) is 0 Å². The van der Waals surface area contributed by atoms with E-state index in [-0.39, 0.29) is 11.9 Å². The van der Waals surface area contributed by atoms with Crippen molar-refractivity contribution in [2.45, 2.75) is 12.5 Å². The maximum absolute atomic E-state index is 12.3. The molecule has 2 aromatic heterocycles. The minimum atomic E-state index is 0.00599. The van der Waals surface area contributed by atoms with E-state index in [0.29, 0.717) is 0 Å². The zero-order valence-electron chi connectivity index (χ0n) is 12.3. The molecule has 0 spiro atoms. The average molecular weight is 344 g/mol. The van der Waals surface area contributed by atoms with Gasteiger partial charge in [0.15, 0.2) is 5.13 Å². The van der Waals surface area contributed by atoms with E-state index in [9.17, 15) is 4.79 Å². The predicted molar refractivity (Wildman–Crippen MR) is 96.0 cm³/mol. The zero-order chi connectivity index (χ0) is 15.6. The largest absolute Gasteiger partial charge is 0.347 e. The van der Waals surface area contributed by atoms with Crippen LogP contribution in [-0.4, -0.2) is 30.0 Å². The third-order valence-electron chi connectivity index (χ3n) is 3.73. The number of nitrogens with zero attached hydrogens (tertiary/aromatic N) is 1. The van der Waals surface area contributed by atoms with Crippen molar-refractivity contribution in [1.29, 1.82) is 0 Å². The molecule has 3 aromatic rings. The van der Waals surface area contributed by atoms with Crippen molar-refractivity contribution in [2.75, 3.05) is 18.4 Å². The quantitative estimate of drug-likeness (QED) is 0.680. The van der Waals surface area contributed by atoms with Crippen LogP contribution in [0.15, 0.2) is 36.4 Å². The van der Waals surface area contributed by atoms with Crippen LogP contribution in [0.3, 0.4) is 0 Å². The summed E-state index contributed by atoms with van der Waals surface area (Å²) in [7, 11) is 0. The number of thiazole rings is 1. The van der Waals surface area contributed by atoms with Gasteiger partial charge in [0.2, 0.25) is 0 Å². The second-order valence-electron chi connectivity index (χ2n) is 5.45. The van der Waals surface area contributed by atoms with Crippen LogP contribution in [0.2, 0.25) is 0 Å². The molecule has 0 radical (unpaired) electrons. The van der Waals surface area contributed by atoms with Gasteiger partial charge in [-0.15, -0.1) is 11.3 Å². The number of fused-ring (bicyclic) bond motifs is 1. The first-order chi connectivity index (χ1) is 11.3. The molecule has 5 nitrogen and oxygen atoms in total. The Morgan fingerprint density at radius 3 is 2.87 bits per heavy atom. The van der Waals surface area contributed by atoms with E-state index < -0.39 is 0 Å². The summed E-state index contributed by atoms with van der Waals surface area (Å²) in [5.41, 5.74) is 1.01. The van der Waals surface area contributed by atoms with Gasteiger partial charge in [-0.1, -0.05) is 29.5 Å². The average Bonchev–Trinajstić information content (AvgIpc) is 3.24. The zero-order valence-corrected chi connectivity index (χ0v) is 14.0. The number of carbonyl (C=O) groups excluding carboxylic acids is 1. The van der Waals surface area contributed by atoms with Crippen LogP contribution < -0.4 is 16.0 Å². The molecule has 118 valence electrons.